The minimum Gasteiger partial charge on any atom is -0.476 e. The van der Waals surface area contributed by atoms with Gasteiger partial charge in [0.1, 0.15) is 0 Å². The van der Waals surface area contributed by atoms with Crippen molar-refractivity contribution in [3.8, 4) is 56.3 Å². The number of nitrogens with zero attached hydrogens (tertiary/aromatic N) is 13. The van der Waals surface area contributed by atoms with Gasteiger partial charge in [0.05, 0.1) is 103 Å². The number of carbonyl (C=O) groups excluding carboxylic acids is 6. The van der Waals surface area contributed by atoms with Crippen molar-refractivity contribution in [1.82, 2.24) is 34.5 Å². The Hall–Kier alpha value is -10.5. The first-order valence-electron chi connectivity index (χ1n) is 36.5. The zero-order valence-electron chi connectivity index (χ0n) is 71.6. The molecule has 6 aromatic carbocycles. The first-order valence-corrected chi connectivity index (χ1v) is 42.3. The number of halogens is 1. The van der Waals surface area contributed by atoms with E-state index in [1.54, 1.807) is 181 Å². The molecule has 2 amide bonds. The minimum atomic E-state index is -1.24. The number of amides is 2. The average molecular weight is 1990 g/mol. The smallest absolute Gasteiger partial charge is 0.476 e. The molecular weight excluding hydrogens is 1910 g/mol. The Labute approximate surface area is 860 Å². The van der Waals surface area contributed by atoms with Crippen LogP contribution >= 0.6 is 91.3 Å². The Bertz CT molecular complexity index is 5520. The van der Waals surface area contributed by atoms with Crippen molar-refractivity contribution in [2.75, 3.05) is 32.7 Å². The number of carbonyl (C=O) groups is 7. The van der Waals surface area contributed by atoms with Gasteiger partial charge in [-0.1, -0.05) is 207 Å². The van der Waals surface area contributed by atoms with E-state index in [0.29, 0.717) is 91.7 Å². The summed E-state index contributed by atoms with van der Waals surface area (Å²) in [5.74, 6) is -2.68. The van der Waals surface area contributed by atoms with Crippen LogP contribution in [-0.4, -0.2) is 204 Å². The number of esters is 3. The Morgan fingerprint density at radius 3 is 0.977 bits per heavy atom. The molecule has 131 heavy (non-hydrogen) atoms. The fraction of sp³-hybridized carbons (Fsp3) is 0.235. The maximum atomic E-state index is 12.2. The van der Waals surface area contributed by atoms with Crippen LogP contribution in [-0.2, 0) is 19.0 Å². The van der Waals surface area contributed by atoms with Crippen LogP contribution < -0.4 is 57.1 Å². The number of hydrogen-bond acceptors (Lipinski definition) is 24. The molecule has 17 radical (unpaired) electrons. The monoisotopic (exact) mass is 1990 g/mol. The minimum absolute atomic E-state index is 0. The summed E-state index contributed by atoms with van der Waals surface area (Å²) in [6, 6.07) is 42.3. The van der Waals surface area contributed by atoms with Gasteiger partial charge in [0.2, 0.25) is 29.9 Å². The predicted molar refractivity (Wildman–Crippen MR) is 546 cm³/mol. The van der Waals surface area contributed by atoms with E-state index in [-0.39, 0.29) is 137 Å². The second-order valence-electron chi connectivity index (χ2n) is 23.5. The normalized spacial score (nSPS) is 8.91. The van der Waals surface area contributed by atoms with E-state index in [0.717, 1.165) is 81.4 Å². The summed E-state index contributed by atoms with van der Waals surface area (Å²) in [5.41, 5.74) is 21.6. The van der Waals surface area contributed by atoms with Crippen molar-refractivity contribution in [3.63, 3.8) is 0 Å². The SMILES string of the molecule is C.C.C.CCOC(=O)C(N)=S.C[B]B(O)O.[B-].[B].[B]=N.[B]CN([B]C)C(=O)c1nc(-c2ccc([N+]#[C-])cc2)c(C)s1.[B]CN([B]C)C(=O)c1nc(-c2ccc([N+]#[C-])cc2)c(C)s1.[B]I.[C-]#[N+]c1ccc(-c2csc(C(=O)OCC)n2)cc1.[C-]#[N+]c1ccc(-c2nc(C(=O)O)sc2C)cc1.[C-]#[N+]c1ccc(-c2nc(C(=O)OCC)sc2C)cc1.[C-]#[N+]c1ccc(C(=O)CC)cc1.[K+]. The molecule has 0 bridgehead atoms. The van der Waals surface area contributed by atoms with E-state index in [9.17, 15) is 33.6 Å². The third kappa shape index (κ3) is 43.2. The van der Waals surface area contributed by atoms with Crippen LogP contribution in [0, 0.1) is 72.4 Å². The third-order valence-corrected chi connectivity index (χ3v) is 20.3. The largest absolute Gasteiger partial charge is 1.00 e. The number of benzene rings is 6. The zero-order chi connectivity index (χ0) is 93.8. The zero-order valence-corrected chi connectivity index (χ0v) is 81.8. The molecule has 0 spiro atoms. The molecule has 0 aliphatic rings. The van der Waals surface area contributed by atoms with Crippen LogP contribution in [0.5, 0.6) is 0 Å². The molecule has 0 saturated heterocycles. The average Bonchev–Trinajstić information content (AvgIpc) is 1.67. The van der Waals surface area contributed by atoms with Crippen molar-refractivity contribution in [3.05, 3.63) is 270 Å². The van der Waals surface area contributed by atoms with Gasteiger partial charge in [0, 0.05) is 45.3 Å². The molecule has 655 valence electrons. The molecule has 5 heterocycles. The molecule has 5 aromatic heterocycles. The molecule has 46 heteroatoms. The van der Waals surface area contributed by atoms with E-state index < -0.39 is 24.9 Å². The molecule has 11 rings (SSSR count). The molecule has 28 nitrogen and oxygen atoms in total. The number of rotatable bonds is 20. The first-order chi connectivity index (χ1) is 59.9. The van der Waals surface area contributed by atoms with Gasteiger partial charge in [-0.05, 0) is 89.2 Å². The van der Waals surface area contributed by atoms with Gasteiger partial charge in [0.25, 0.3) is 11.8 Å². The van der Waals surface area contributed by atoms with Crippen molar-refractivity contribution in [2.45, 2.75) is 105 Å². The number of nitrogens with one attached hydrogen (secondary N) is 1. The summed E-state index contributed by atoms with van der Waals surface area (Å²) in [7, 11) is 18.1. The number of thiocarbonyl (C=S) groups is 1. The molecule has 0 aliphatic heterocycles. The summed E-state index contributed by atoms with van der Waals surface area (Å²) in [6.07, 6.45) is 0.767. The van der Waals surface area contributed by atoms with E-state index in [1.165, 1.54) is 62.1 Å². The van der Waals surface area contributed by atoms with Crippen LogP contribution in [0.3, 0.4) is 0 Å². The van der Waals surface area contributed by atoms with Gasteiger partial charge in [-0.3, -0.25) is 14.4 Å². The van der Waals surface area contributed by atoms with Crippen molar-refractivity contribution >= 4 is 247 Å². The number of ketones is 1. The van der Waals surface area contributed by atoms with Crippen LogP contribution in [0.1, 0.15) is 135 Å². The molecule has 0 atom stereocenters. The topological polar surface area (TPSA) is 355 Å². The number of aromatic carboxylic acids is 1. The third-order valence-electron chi connectivity index (χ3n) is 15.5. The summed E-state index contributed by atoms with van der Waals surface area (Å²) in [5, 5.41) is 33.3. The van der Waals surface area contributed by atoms with Crippen LogP contribution in [0.15, 0.2) is 151 Å². The first kappa shape index (κ1) is 129. The van der Waals surface area contributed by atoms with Gasteiger partial charge in [-0.15, -0.1) is 56.7 Å². The van der Waals surface area contributed by atoms with E-state index in [1.807, 2.05) is 83.1 Å². The predicted octanol–water partition coefficient (Wildman–Crippen LogP) is 16.5. The van der Waals surface area contributed by atoms with E-state index >= 15 is 0 Å². The van der Waals surface area contributed by atoms with Gasteiger partial charge in [-0.2, -0.15) is 22.4 Å². The fourth-order valence-corrected chi connectivity index (χ4v) is 13.5. The van der Waals surface area contributed by atoms with Crippen molar-refractivity contribution in [2.24, 2.45) is 5.73 Å². The Morgan fingerprint density at radius 2 is 0.740 bits per heavy atom. The Kier molecular flexibility index (Phi) is 70.2. The maximum Gasteiger partial charge on any atom is 1.00 e. The molecule has 11 aromatic rings. The molecule has 0 fully saturated rings. The number of aryl methyl sites for hydroxylation is 4. The molecule has 6 N–H and O–H groups in total. The molecular formula is C85H88B10IKN15O13S6. The number of carboxylic acid groups (broad SMARTS) is 1. The van der Waals surface area contributed by atoms with Gasteiger partial charge in [-0.25, -0.2) is 73.2 Å². The number of carboxylic acids is 1. The summed E-state index contributed by atoms with van der Waals surface area (Å²) in [4.78, 5) is 128. The number of thiazole rings is 5. The Morgan fingerprint density at radius 1 is 0.481 bits per heavy atom. The van der Waals surface area contributed by atoms with Crippen LogP contribution in [0.4, 0.5) is 34.1 Å². The molecule has 0 unspecified atom stereocenters. The van der Waals surface area contributed by atoms with Crippen molar-refractivity contribution < 1.29 is 114 Å². The number of nitrogens with two attached hydrogens (primary N) is 1. The number of aromatic nitrogens is 5. The second kappa shape index (κ2) is 71.2. The summed E-state index contributed by atoms with van der Waals surface area (Å²) < 4.78 is 14.2. The fourth-order valence-electron chi connectivity index (χ4n) is 9.37. The molecule has 0 saturated carbocycles. The van der Waals surface area contributed by atoms with Crippen molar-refractivity contribution in [1.29, 1.82) is 5.31 Å². The standard InChI is InChI=1S/2C14H12B2N3OS.C14H12N2O2S.C13H10N2O2S.C12H8N2O2S.C10H9NO.C4H7NO2S.CH5B2O2.3CH4.BI.BHN.2B.K/c2*1-9-12(10-4-6-11(17-3)7-5-10)18-13(21-9)14(20)19(8-15)16-2;1-4-18-14(17)13-16-12(9(2)19-13)10-5-7-11(15-3)8-6-10;1-3-17-13(16)12-15-11(8-18-12)9-4-6-10(14-2)7-5-9;1-7-10(14-11(17-7)12(15)16)8-3-5-9(13-2)6-4-8;1-3-10(12)8-4-6-9(11-2)7-5-8;1-2-7-4(6)3(5)8;1-2-3(4)5;;;;2*1-2;;;/h2*4-7H,8H2,1-2H3;5-8H,4H2,1-2H3;4-8H,3H2,1H3;3-6H,1H3,(H,15,16);4-7H,3H2,1H3;2H2,1H3,(H2,5,8);4-5H,1H3;3*1H4;;2H;;;/q;;;;;;;;;;;;;;-1;+1. The number of Topliss-reactive ketones (excluding diaryl/α,β-unsaturated/α-hetero) is 1. The Balaban J connectivity index is -0.000000466. The van der Waals surface area contributed by atoms with Crippen LogP contribution in [0.2, 0.25) is 20.5 Å². The number of ether oxygens (including phenoxy) is 3. The summed E-state index contributed by atoms with van der Waals surface area (Å²) >= 11 is 12.4. The molecule has 0 aliphatic carbocycles. The van der Waals surface area contributed by atoms with Gasteiger partial charge >= 0.3 is 95.2 Å². The van der Waals surface area contributed by atoms with Crippen LogP contribution in [0.25, 0.3) is 85.4 Å². The second-order valence-corrected chi connectivity index (χ2v) is 29.6. The van der Waals surface area contributed by atoms with E-state index in [2.05, 4.69) is 84.3 Å². The quantitative estimate of drug-likeness (QED) is 0.00900. The van der Waals surface area contributed by atoms with E-state index in [4.69, 9.17) is 90.8 Å². The van der Waals surface area contributed by atoms with Gasteiger partial charge in [0.15, 0.2) is 67.8 Å². The van der Waals surface area contributed by atoms with Gasteiger partial charge < -0.3 is 53.1 Å². The number of hydrogen-bond donors (Lipinski definition) is 5. The summed E-state index contributed by atoms with van der Waals surface area (Å²) in [6.45, 7) is 62.0. The maximum absolute atomic E-state index is 12.2.